The topological polar surface area (TPSA) is 32.3 Å². The highest BCUT2D eigenvalue weighted by Gasteiger charge is 2.21. The van der Waals surface area contributed by atoms with Gasteiger partial charge in [0.15, 0.2) is 0 Å². The molecule has 110 valence electrons. The van der Waals surface area contributed by atoms with Crippen molar-refractivity contribution in [2.45, 2.75) is 26.7 Å². The molecule has 0 spiro atoms. The standard InChI is InChI=1S/C16H23ClN2O/c1-3-19(11-13-5-4-8-18-10-13)16(20)15-9-14(17)7-6-12(15)2/h6-7,9,13,18H,3-5,8,10-11H2,1-2H3. The maximum Gasteiger partial charge on any atom is 0.254 e. The number of hydrogen-bond acceptors (Lipinski definition) is 2. The van der Waals surface area contributed by atoms with Gasteiger partial charge in [-0.3, -0.25) is 4.79 Å². The average Bonchev–Trinajstić information content (AvgIpc) is 2.47. The van der Waals surface area contributed by atoms with Crippen LogP contribution in [0, 0.1) is 12.8 Å². The molecule has 4 heteroatoms. The van der Waals surface area contributed by atoms with Crippen molar-refractivity contribution in [1.29, 1.82) is 0 Å². The van der Waals surface area contributed by atoms with E-state index in [0.717, 1.165) is 37.3 Å². The molecule has 0 aromatic heterocycles. The maximum absolute atomic E-state index is 12.7. The van der Waals surface area contributed by atoms with E-state index in [1.807, 2.05) is 30.9 Å². The van der Waals surface area contributed by atoms with E-state index in [0.29, 0.717) is 10.9 Å². The molecule has 1 N–H and O–H groups in total. The first kappa shape index (κ1) is 15.3. The van der Waals surface area contributed by atoms with Gasteiger partial charge in [0, 0.05) is 23.7 Å². The SMILES string of the molecule is CCN(CC1CCCNC1)C(=O)c1cc(Cl)ccc1C. The summed E-state index contributed by atoms with van der Waals surface area (Å²) in [5.41, 5.74) is 1.71. The van der Waals surface area contributed by atoms with Crippen LogP contribution in [0.4, 0.5) is 0 Å². The molecular formula is C16H23ClN2O. The van der Waals surface area contributed by atoms with Crippen LogP contribution in [0.5, 0.6) is 0 Å². The van der Waals surface area contributed by atoms with Crippen molar-refractivity contribution in [3.8, 4) is 0 Å². The molecule has 1 unspecified atom stereocenters. The Kier molecular flexibility index (Phi) is 5.44. The van der Waals surface area contributed by atoms with Crippen molar-refractivity contribution in [1.82, 2.24) is 10.2 Å². The Labute approximate surface area is 126 Å². The van der Waals surface area contributed by atoms with Gasteiger partial charge in [-0.1, -0.05) is 17.7 Å². The molecule has 1 fully saturated rings. The Morgan fingerprint density at radius 3 is 2.95 bits per heavy atom. The van der Waals surface area contributed by atoms with Crippen molar-refractivity contribution >= 4 is 17.5 Å². The predicted octanol–water partition coefficient (Wildman–Crippen LogP) is 3.11. The van der Waals surface area contributed by atoms with Crippen LogP contribution in [0.1, 0.15) is 35.7 Å². The number of rotatable bonds is 4. The molecule has 1 amide bonds. The van der Waals surface area contributed by atoms with Crippen LogP contribution in [0.3, 0.4) is 0 Å². The normalized spacial score (nSPS) is 18.9. The number of carbonyl (C=O) groups excluding carboxylic acids is 1. The second kappa shape index (κ2) is 7.09. The summed E-state index contributed by atoms with van der Waals surface area (Å²) in [6, 6.07) is 5.52. The summed E-state index contributed by atoms with van der Waals surface area (Å²) in [4.78, 5) is 14.6. The molecule has 2 rings (SSSR count). The molecule has 1 aromatic carbocycles. The van der Waals surface area contributed by atoms with E-state index in [9.17, 15) is 4.79 Å². The highest BCUT2D eigenvalue weighted by molar-refractivity contribution is 6.31. The van der Waals surface area contributed by atoms with E-state index in [1.54, 1.807) is 6.07 Å². The van der Waals surface area contributed by atoms with Crippen molar-refractivity contribution < 1.29 is 4.79 Å². The molecule has 1 aromatic rings. The van der Waals surface area contributed by atoms with Gasteiger partial charge in [-0.2, -0.15) is 0 Å². The van der Waals surface area contributed by atoms with Crippen LogP contribution in [0.15, 0.2) is 18.2 Å². The molecule has 1 saturated heterocycles. The molecule has 3 nitrogen and oxygen atoms in total. The van der Waals surface area contributed by atoms with Crippen LogP contribution in [-0.2, 0) is 0 Å². The summed E-state index contributed by atoms with van der Waals surface area (Å²) >= 11 is 6.02. The first-order chi connectivity index (χ1) is 9.61. The second-order valence-electron chi connectivity index (χ2n) is 5.52. The third-order valence-electron chi connectivity index (χ3n) is 3.98. The molecule has 0 radical (unpaired) electrons. The number of piperidine rings is 1. The number of hydrogen-bond donors (Lipinski definition) is 1. The van der Waals surface area contributed by atoms with Crippen LogP contribution in [0.25, 0.3) is 0 Å². The highest BCUT2D eigenvalue weighted by Crippen LogP contribution is 2.19. The van der Waals surface area contributed by atoms with Crippen LogP contribution in [-0.4, -0.2) is 37.0 Å². The first-order valence-corrected chi connectivity index (χ1v) is 7.75. The number of nitrogens with one attached hydrogen (secondary N) is 1. The minimum Gasteiger partial charge on any atom is -0.339 e. The Bertz CT molecular complexity index is 470. The lowest BCUT2D eigenvalue weighted by Crippen LogP contribution is -2.41. The lowest BCUT2D eigenvalue weighted by molar-refractivity contribution is 0.0728. The zero-order valence-corrected chi connectivity index (χ0v) is 13.0. The summed E-state index contributed by atoms with van der Waals surface area (Å²) in [5, 5.41) is 4.02. The third-order valence-corrected chi connectivity index (χ3v) is 4.21. The number of halogens is 1. The first-order valence-electron chi connectivity index (χ1n) is 7.38. The van der Waals surface area contributed by atoms with E-state index in [-0.39, 0.29) is 5.91 Å². The Morgan fingerprint density at radius 2 is 2.30 bits per heavy atom. The van der Waals surface area contributed by atoms with Gasteiger partial charge in [-0.25, -0.2) is 0 Å². The Morgan fingerprint density at radius 1 is 1.50 bits per heavy atom. The maximum atomic E-state index is 12.7. The van der Waals surface area contributed by atoms with E-state index in [4.69, 9.17) is 11.6 Å². The van der Waals surface area contributed by atoms with Gasteiger partial charge < -0.3 is 10.2 Å². The van der Waals surface area contributed by atoms with E-state index < -0.39 is 0 Å². The number of carbonyl (C=O) groups is 1. The van der Waals surface area contributed by atoms with Gasteiger partial charge in [0.2, 0.25) is 0 Å². The van der Waals surface area contributed by atoms with Gasteiger partial charge in [0.1, 0.15) is 0 Å². The summed E-state index contributed by atoms with van der Waals surface area (Å²) in [6.07, 6.45) is 2.40. The fourth-order valence-corrected chi connectivity index (χ4v) is 2.91. The lowest BCUT2D eigenvalue weighted by atomic mass is 9.98. The molecule has 0 bridgehead atoms. The van der Waals surface area contributed by atoms with Crippen molar-refractivity contribution in [3.63, 3.8) is 0 Å². The molecule has 1 heterocycles. The molecule has 1 aliphatic rings. The van der Waals surface area contributed by atoms with E-state index in [1.165, 1.54) is 12.8 Å². The van der Waals surface area contributed by atoms with Gasteiger partial charge >= 0.3 is 0 Å². The number of aryl methyl sites for hydroxylation is 1. The van der Waals surface area contributed by atoms with Gasteiger partial charge in [-0.05, 0) is 63.4 Å². The second-order valence-corrected chi connectivity index (χ2v) is 5.95. The largest absolute Gasteiger partial charge is 0.339 e. The zero-order valence-electron chi connectivity index (χ0n) is 12.3. The number of amides is 1. The smallest absolute Gasteiger partial charge is 0.254 e. The fraction of sp³-hybridized carbons (Fsp3) is 0.562. The number of nitrogens with zero attached hydrogens (tertiary/aromatic N) is 1. The molecule has 1 aliphatic heterocycles. The third kappa shape index (κ3) is 3.74. The van der Waals surface area contributed by atoms with Gasteiger partial charge in [0.05, 0.1) is 0 Å². The van der Waals surface area contributed by atoms with Gasteiger partial charge in [-0.15, -0.1) is 0 Å². The lowest BCUT2D eigenvalue weighted by Gasteiger charge is -2.30. The summed E-state index contributed by atoms with van der Waals surface area (Å²) < 4.78 is 0. The van der Waals surface area contributed by atoms with Gasteiger partial charge in [0.25, 0.3) is 5.91 Å². The highest BCUT2D eigenvalue weighted by atomic mass is 35.5. The average molecular weight is 295 g/mol. The van der Waals surface area contributed by atoms with Crippen molar-refractivity contribution in [3.05, 3.63) is 34.3 Å². The molecule has 0 aliphatic carbocycles. The van der Waals surface area contributed by atoms with Crippen LogP contribution in [0.2, 0.25) is 5.02 Å². The minimum absolute atomic E-state index is 0.0954. The Balaban J connectivity index is 2.09. The quantitative estimate of drug-likeness (QED) is 0.925. The molecular weight excluding hydrogens is 272 g/mol. The fourth-order valence-electron chi connectivity index (χ4n) is 2.74. The summed E-state index contributed by atoms with van der Waals surface area (Å²) in [6.45, 7) is 7.67. The summed E-state index contributed by atoms with van der Waals surface area (Å²) in [5.74, 6) is 0.658. The Hall–Kier alpha value is -1.06. The van der Waals surface area contributed by atoms with Crippen LogP contribution >= 0.6 is 11.6 Å². The number of benzene rings is 1. The van der Waals surface area contributed by atoms with E-state index >= 15 is 0 Å². The summed E-state index contributed by atoms with van der Waals surface area (Å²) in [7, 11) is 0. The zero-order chi connectivity index (χ0) is 14.5. The predicted molar refractivity (Wildman–Crippen MR) is 83.4 cm³/mol. The molecule has 0 saturated carbocycles. The molecule has 1 atom stereocenters. The minimum atomic E-state index is 0.0954. The van der Waals surface area contributed by atoms with E-state index in [2.05, 4.69) is 5.32 Å². The van der Waals surface area contributed by atoms with Crippen molar-refractivity contribution in [2.75, 3.05) is 26.2 Å². The van der Waals surface area contributed by atoms with Crippen LogP contribution < -0.4 is 5.32 Å². The van der Waals surface area contributed by atoms with Crippen molar-refractivity contribution in [2.24, 2.45) is 5.92 Å². The monoisotopic (exact) mass is 294 g/mol. The molecule has 20 heavy (non-hydrogen) atoms.